The van der Waals surface area contributed by atoms with Crippen LogP contribution in [0.1, 0.15) is 40.0 Å². The Kier molecular flexibility index (Phi) is 3.60. The van der Waals surface area contributed by atoms with Crippen molar-refractivity contribution in [2.24, 2.45) is 17.8 Å². The van der Waals surface area contributed by atoms with Gasteiger partial charge in [0.25, 0.3) is 0 Å². The number of ketones is 2. The average molecular weight is 312 g/mol. The highest BCUT2D eigenvalue weighted by Crippen LogP contribution is 2.51. The zero-order valence-electron chi connectivity index (χ0n) is 14.1. The van der Waals surface area contributed by atoms with E-state index in [2.05, 4.69) is 13.2 Å². The van der Waals surface area contributed by atoms with Gasteiger partial charge in [-0.1, -0.05) is 30.4 Å². The lowest BCUT2D eigenvalue weighted by Gasteiger charge is -2.39. The lowest BCUT2D eigenvalue weighted by molar-refractivity contribution is -0.130. The predicted octanol–water partition coefficient (Wildman–Crippen LogP) is 3.31. The second-order valence-electron chi connectivity index (χ2n) is 7.56. The zero-order chi connectivity index (χ0) is 17.1. The van der Waals surface area contributed by atoms with Crippen LogP contribution in [0.15, 0.2) is 47.1 Å². The molecule has 0 saturated heterocycles. The van der Waals surface area contributed by atoms with Crippen LogP contribution in [0.3, 0.4) is 0 Å². The number of carbonyl (C=O) groups is 2. The van der Waals surface area contributed by atoms with Crippen molar-refractivity contribution in [1.82, 2.24) is 0 Å². The molecule has 0 radical (unpaired) electrons. The fraction of sp³-hybridized carbons (Fsp3) is 0.500. The summed E-state index contributed by atoms with van der Waals surface area (Å²) in [6, 6.07) is 0. The van der Waals surface area contributed by atoms with Crippen molar-refractivity contribution in [3.05, 3.63) is 47.1 Å². The molecule has 1 N–H and O–H groups in total. The molecule has 0 aromatic carbocycles. The molecule has 0 heterocycles. The molecule has 4 atom stereocenters. The number of hydrogen-bond acceptors (Lipinski definition) is 3. The van der Waals surface area contributed by atoms with Gasteiger partial charge in [-0.15, -0.1) is 0 Å². The van der Waals surface area contributed by atoms with Crippen LogP contribution in [0.25, 0.3) is 0 Å². The summed E-state index contributed by atoms with van der Waals surface area (Å²) in [5.41, 5.74) is 2.25. The quantitative estimate of drug-likeness (QED) is 0.756. The van der Waals surface area contributed by atoms with E-state index < -0.39 is 5.60 Å². The molecule has 3 aliphatic carbocycles. The third-order valence-electron chi connectivity index (χ3n) is 5.66. The summed E-state index contributed by atoms with van der Waals surface area (Å²) in [4.78, 5) is 25.5. The number of fused-ring (bicyclic) bond motifs is 2. The van der Waals surface area contributed by atoms with Crippen LogP contribution in [-0.4, -0.2) is 22.3 Å². The van der Waals surface area contributed by atoms with Crippen molar-refractivity contribution in [2.75, 3.05) is 0 Å². The van der Waals surface area contributed by atoms with E-state index in [9.17, 15) is 14.7 Å². The molecular formula is C20H24O3. The molecule has 3 nitrogen and oxygen atoms in total. The van der Waals surface area contributed by atoms with Crippen LogP contribution in [0.5, 0.6) is 0 Å². The van der Waals surface area contributed by atoms with Crippen molar-refractivity contribution < 1.29 is 14.7 Å². The largest absolute Gasteiger partial charge is 0.382 e. The molecule has 3 heteroatoms. The number of Topliss-reactive ketones (excluding diaryl/α,β-unsaturated/α-hetero) is 2. The maximum absolute atomic E-state index is 12.8. The Hall–Kier alpha value is -1.74. The number of rotatable bonds is 1. The molecular weight excluding hydrogens is 288 g/mol. The first-order valence-corrected chi connectivity index (χ1v) is 8.21. The van der Waals surface area contributed by atoms with Crippen LogP contribution < -0.4 is 0 Å². The molecule has 1 fully saturated rings. The van der Waals surface area contributed by atoms with Crippen molar-refractivity contribution in [2.45, 2.75) is 45.6 Å². The number of carbonyl (C=O) groups excluding carboxylic acids is 2. The number of allylic oxidation sites excluding steroid dienone is 4. The first-order valence-electron chi connectivity index (χ1n) is 8.21. The Labute approximate surface area is 137 Å². The van der Waals surface area contributed by atoms with E-state index in [1.54, 1.807) is 6.92 Å². The van der Waals surface area contributed by atoms with Crippen molar-refractivity contribution in [3.63, 3.8) is 0 Å². The van der Waals surface area contributed by atoms with Gasteiger partial charge in [-0.3, -0.25) is 9.59 Å². The van der Waals surface area contributed by atoms with Crippen molar-refractivity contribution >= 4 is 11.6 Å². The number of aliphatic hydroxyl groups is 1. The van der Waals surface area contributed by atoms with Gasteiger partial charge in [0.1, 0.15) is 5.60 Å². The second kappa shape index (κ2) is 5.13. The van der Waals surface area contributed by atoms with E-state index in [-0.39, 0.29) is 35.7 Å². The number of hydrogen-bond donors (Lipinski definition) is 1. The summed E-state index contributed by atoms with van der Waals surface area (Å²) in [6.07, 6.45) is 3.89. The Morgan fingerprint density at radius 1 is 1.39 bits per heavy atom. The summed E-state index contributed by atoms with van der Waals surface area (Å²) >= 11 is 0. The molecule has 0 amide bonds. The molecule has 0 spiro atoms. The molecule has 122 valence electrons. The van der Waals surface area contributed by atoms with Crippen LogP contribution in [-0.2, 0) is 9.59 Å². The molecule has 1 saturated carbocycles. The molecule has 0 aromatic rings. The highest BCUT2D eigenvalue weighted by Gasteiger charge is 2.51. The highest BCUT2D eigenvalue weighted by atomic mass is 16.3. The molecule has 0 aliphatic heterocycles. The third-order valence-corrected chi connectivity index (χ3v) is 5.66. The minimum absolute atomic E-state index is 0.0306. The fourth-order valence-corrected chi connectivity index (χ4v) is 4.46. The van der Waals surface area contributed by atoms with E-state index in [1.807, 2.05) is 13.0 Å². The first-order chi connectivity index (χ1) is 10.6. The van der Waals surface area contributed by atoms with Gasteiger partial charge >= 0.3 is 0 Å². The normalized spacial score (nSPS) is 37.3. The van der Waals surface area contributed by atoms with Gasteiger partial charge in [-0.25, -0.2) is 0 Å². The van der Waals surface area contributed by atoms with E-state index in [0.29, 0.717) is 16.7 Å². The smallest absolute Gasteiger partial charge is 0.191 e. The molecule has 3 aliphatic rings. The highest BCUT2D eigenvalue weighted by molar-refractivity contribution is 6.19. The van der Waals surface area contributed by atoms with E-state index in [4.69, 9.17) is 0 Å². The maximum atomic E-state index is 12.8. The van der Waals surface area contributed by atoms with Crippen LogP contribution in [0.2, 0.25) is 0 Å². The van der Waals surface area contributed by atoms with Crippen molar-refractivity contribution in [1.29, 1.82) is 0 Å². The van der Waals surface area contributed by atoms with Gasteiger partial charge in [0.2, 0.25) is 0 Å². The topological polar surface area (TPSA) is 54.4 Å². The van der Waals surface area contributed by atoms with E-state index in [0.717, 1.165) is 24.0 Å². The van der Waals surface area contributed by atoms with Gasteiger partial charge < -0.3 is 5.11 Å². The second-order valence-corrected chi connectivity index (χ2v) is 7.56. The summed E-state index contributed by atoms with van der Waals surface area (Å²) in [5.74, 6) is -0.318. The monoisotopic (exact) mass is 312 g/mol. The minimum Gasteiger partial charge on any atom is -0.382 e. The van der Waals surface area contributed by atoms with Crippen LogP contribution >= 0.6 is 0 Å². The van der Waals surface area contributed by atoms with Gasteiger partial charge in [-0.05, 0) is 51.0 Å². The van der Waals surface area contributed by atoms with Gasteiger partial charge in [-0.2, -0.15) is 0 Å². The van der Waals surface area contributed by atoms with Crippen LogP contribution in [0.4, 0.5) is 0 Å². The molecule has 0 bridgehead atoms. The van der Waals surface area contributed by atoms with E-state index >= 15 is 0 Å². The summed E-state index contributed by atoms with van der Waals surface area (Å²) < 4.78 is 0. The molecule has 23 heavy (non-hydrogen) atoms. The molecule has 0 aromatic heterocycles. The minimum atomic E-state index is -1.47. The standard InChI is InChI=1S/C20H24O3/c1-10(2)13-7-6-11(3)16-14(13)8-12(4)18(21)15-9-20(5,23)19(22)17(15)16/h8,13-14,16,23H,1,3,6-7,9H2,2,4-5H3/t13?,14-,16-,20+/m1/s1. The predicted molar refractivity (Wildman–Crippen MR) is 89.7 cm³/mol. The maximum Gasteiger partial charge on any atom is 0.191 e. The third kappa shape index (κ3) is 2.29. The first kappa shape index (κ1) is 16.1. The Morgan fingerprint density at radius 3 is 2.65 bits per heavy atom. The van der Waals surface area contributed by atoms with Crippen molar-refractivity contribution in [3.8, 4) is 0 Å². The van der Waals surface area contributed by atoms with Gasteiger partial charge in [0.15, 0.2) is 11.6 Å². The summed E-state index contributed by atoms with van der Waals surface area (Å²) in [7, 11) is 0. The average Bonchev–Trinajstić information content (AvgIpc) is 2.62. The Balaban J connectivity index is 2.21. The van der Waals surface area contributed by atoms with Gasteiger partial charge in [0.05, 0.1) is 0 Å². The molecule has 3 rings (SSSR count). The summed E-state index contributed by atoms with van der Waals surface area (Å²) in [6.45, 7) is 13.6. The SMILES string of the molecule is C=C(C)C1CCC(=C)[C@H]2C3=C(C[C@](C)(O)C3=O)C(=O)C(C)=C[C@H]12. The Morgan fingerprint density at radius 2 is 2.04 bits per heavy atom. The lowest BCUT2D eigenvalue weighted by atomic mass is 9.64. The lowest BCUT2D eigenvalue weighted by Crippen LogP contribution is -2.37. The fourth-order valence-electron chi connectivity index (χ4n) is 4.46. The van der Waals surface area contributed by atoms with Crippen LogP contribution in [0, 0.1) is 17.8 Å². The Bertz CT molecular complexity index is 702. The van der Waals surface area contributed by atoms with Gasteiger partial charge in [0, 0.05) is 23.5 Å². The molecule has 1 unspecified atom stereocenters. The van der Waals surface area contributed by atoms with E-state index in [1.165, 1.54) is 6.92 Å². The summed E-state index contributed by atoms with van der Waals surface area (Å²) in [5, 5.41) is 10.4. The zero-order valence-corrected chi connectivity index (χ0v) is 14.1.